The molecule has 31 heavy (non-hydrogen) atoms. The van der Waals surface area contributed by atoms with Gasteiger partial charge >= 0.3 is 6.03 Å². The Bertz CT molecular complexity index is 1110. The normalized spacial score (nSPS) is 13.9. The van der Waals surface area contributed by atoms with Gasteiger partial charge in [0.15, 0.2) is 0 Å². The van der Waals surface area contributed by atoms with Crippen molar-refractivity contribution in [3.05, 3.63) is 65.1 Å². The number of piperidine rings is 1. The van der Waals surface area contributed by atoms with Crippen LogP contribution in [0.1, 0.15) is 24.8 Å². The first-order valence-electron chi connectivity index (χ1n) is 10.4. The van der Waals surface area contributed by atoms with Gasteiger partial charge in [-0.05, 0) is 55.2 Å². The molecule has 162 valence electrons. The van der Waals surface area contributed by atoms with Gasteiger partial charge in [0.25, 0.3) is 0 Å². The van der Waals surface area contributed by atoms with Gasteiger partial charge < -0.3 is 20.1 Å². The number of hydrogen-bond acceptors (Lipinski definition) is 2. The zero-order valence-electron chi connectivity index (χ0n) is 17.0. The van der Waals surface area contributed by atoms with Gasteiger partial charge in [-0.2, -0.15) is 0 Å². The van der Waals surface area contributed by atoms with Crippen LogP contribution in [0.2, 0.25) is 5.02 Å². The number of aromatic nitrogens is 1. The van der Waals surface area contributed by atoms with E-state index in [-0.39, 0.29) is 24.8 Å². The number of hydrogen-bond donors (Lipinski definition) is 2. The third-order valence-electron chi connectivity index (χ3n) is 5.50. The topological polar surface area (TPSA) is 66.4 Å². The first-order valence-corrected chi connectivity index (χ1v) is 10.7. The highest BCUT2D eigenvalue weighted by Gasteiger charge is 2.19. The number of carbonyl (C=O) groups is 2. The second kappa shape index (κ2) is 9.39. The molecule has 0 spiro atoms. The van der Waals surface area contributed by atoms with E-state index < -0.39 is 6.03 Å². The number of amides is 3. The fourth-order valence-electron chi connectivity index (χ4n) is 3.91. The lowest BCUT2D eigenvalue weighted by Gasteiger charge is -2.27. The Morgan fingerprint density at radius 1 is 1.06 bits per heavy atom. The average Bonchev–Trinajstić information content (AvgIpc) is 3.11. The molecule has 4 rings (SSSR count). The van der Waals surface area contributed by atoms with E-state index in [1.165, 1.54) is 12.1 Å². The van der Waals surface area contributed by atoms with Gasteiger partial charge in [-0.3, -0.25) is 4.79 Å². The van der Waals surface area contributed by atoms with Crippen molar-refractivity contribution >= 4 is 40.1 Å². The summed E-state index contributed by atoms with van der Waals surface area (Å²) in [5.41, 5.74) is 1.99. The van der Waals surface area contributed by atoms with Gasteiger partial charge in [0, 0.05) is 36.7 Å². The van der Waals surface area contributed by atoms with Crippen LogP contribution in [0.15, 0.2) is 48.7 Å². The van der Waals surface area contributed by atoms with Gasteiger partial charge in [-0.25, -0.2) is 9.18 Å². The smallest absolute Gasteiger partial charge is 0.319 e. The third-order valence-corrected chi connectivity index (χ3v) is 5.83. The number of nitrogens with zero attached hydrogens (tertiary/aromatic N) is 2. The van der Waals surface area contributed by atoms with E-state index in [4.69, 9.17) is 11.6 Å². The van der Waals surface area contributed by atoms with E-state index in [0.29, 0.717) is 16.1 Å². The van der Waals surface area contributed by atoms with Crippen LogP contribution in [-0.4, -0.2) is 34.5 Å². The average molecular weight is 443 g/mol. The number of benzene rings is 2. The largest absolute Gasteiger partial charge is 0.341 e. The van der Waals surface area contributed by atoms with Crippen molar-refractivity contribution in [3.63, 3.8) is 0 Å². The predicted octanol–water partition coefficient (Wildman–Crippen LogP) is 4.77. The predicted molar refractivity (Wildman–Crippen MR) is 120 cm³/mol. The molecule has 1 fully saturated rings. The maximum Gasteiger partial charge on any atom is 0.319 e. The molecule has 3 amide bonds. The minimum Gasteiger partial charge on any atom is -0.341 e. The molecule has 2 heterocycles. The van der Waals surface area contributed by atoms with E-state index in [1.807, 2.05) is 15.7 Å². The molecule has 1 saturated heterocycles. The molecule has 6 nitrogen and oxygen atoms in total. The number of urea groups is 1. The number of rotatable bonds is 5. The summed E-state index contributed by atoms with van der Waals surface area (Å²) < 4.78 is 15.7. The summed E-state index contributed by atoms with van der Waals surface area (Å²) in [6, 6.07) is 11.0. The van der Waals surface area contributed by atoms with Gasteiger partial charge in [-0.1, -0.05) is 23.7 Å². The maximum atomic E-state index is 13.9. The first-order chi connectivity index (χ1) is 15.0. The molecule has 8 heteroatoms. The zero-order chi connectivity index (χ0) is 21.8. The van der Waals surface area contributed by atoms with Crippen LogP contribution in [0.25, 0.3) is 10.9 Å². The highest BCUT2D eigenvalue weighted by Crippen LogP contribution is 2.24. The summed E-state index contributed by atoms with van der Waals surface area (Å²) in [6.07, 6.45) is 5.02. The molecule has 3 aromatic rings. The lowest BCUT2D eigenvalue weighted by Crippen LogP contribution is -2.37. The molecule has 0 aliphatic carbocycles. The molecule has 0 unspecified atom stereocenters. The van der Waals surface area contributed by atoms with Gasteiger partial charge in [0.05, 0.1) is 10.7 Å². The summed E-state index contributed by atoms with van der Waals surface area (Å²) in [6.45, 7) is 1.93. The lowest BCUT2D eigenvalue weighted by molar-refractivity contribution is -0.132. The molecular weight excluding hydrogens is 419 g/mol. The second-order valence-corrected chi connectivity index (χ2v) is 8.08. The van der Waals surface area contributed by atoms with Crippen LogP contribution >= 0.6 is 11.6 Å². The van der Waals surface area contributed by atoms with Crippen molar-refractivity contribution < 1.29 is 14.0 Å². The summed E-state index contributed by atoms with van der Waals surface area (Å²) >= 11 is 6.07. The minimum atomic E-state index is -0.421. The number of anilines is 1. The number of carbonyl (C=O) groups excluding carboxylic acids is 2. The Hall–Kier alpha value is -3.06. The molecule has 1 aliphatic rings. The Labute approximate surface area is 185 Å². The Kier molecular flexibility index (Phi) is 6.42. The van der Waals surface area contributed by atoms with Crippen molar-refractivity contribution in [2.75, 3.05) is 18.4 Å². The summed E-state index contributed by atoms with van der Waals surface area (Å²) in [7, 11) is 0. The molecule has 1 aliphatic heterocycles. The lowest BCUT2D eigenvalue weighted by atomic mass is 10.1. The fourth-order valence-corrected chi connectivity index (χ4v) is 4.09. The van der Waals surface area contributed by atoms with Crippen LogP contribution in [0.4, 0.5) is 14.9 Å². The fraction of sp³-hybridized carbons (Fsp3) is 0.304. The molecule has 0 saturated carbocycles. The van der Waals surface area contributed by atoms with Crippen molar-refractivity contribution in [2.45, 2.75) is 32.4 Å². The van der Waals surface area contributed by atoms with E-state index in [0.717, 1.165) is 43.4 Å². The number of likely N-dealkylation sites (tertiary alicyclic amines) is 1. The van der Waals surface area contributed by atoms with Crippen LogP contribution in [0.5, 0.6) is 0 Å². The minimum absolute atomic E-state index is 0.0527. The quantitative estimate of drug-likeness (QED) is 0.597. The number of para-hydroxylation sites is 1. The van der Waals surface area contributed by atoms with Crippen molar-refractivity contribution in [1.29, 1.82) is 0 Å². The SMILES string of the molecule is O=C(NCc1cn(CC(=O)N2CCCCC2)c2ccc(F)cc12)Nc1ccccc1Cl. The number of fused-ring (bicyclic) bond motifs is 1. The first kappa shape index (κ1) is 21.2. The molecule has 0 radical (unpaired) electrons. The van der Waals surface area contributed by atoms with Crippen LogP contribution in [-0.2, 0) is 17.9 Å². The third kappa shape index (κ3) is 4.99. The Morgan fingerprint density at radius 2 is 1.84 bits per heavy atom. The van der Waals surface area contributed by atoms with Gasteiger partial charge in [-0.15, -0.1) is 0 Å². The number of halogens is 2. The maximum absolute atomic E-state index is 13.9. The molecule has 0 atom stereocenters. The number of nitrogens with one attached hydrogen (secondary N) is 2. The van der Waals surface area contributed by atoms with Gasteiger partial charge in [0.2, 0.25) is 5.91 Å². The molecular formula is C23H24ClFN4O2. The van der Waals surface area contributed by atoms with Crippen molar-refractivity contribution in [3.8, 4) is 0 Å². The van der Waals surface area contributed by atoms with Gasteiger partial charge in [0.1, 0.15) is 12.4 Å². The monoisotopic (exact) mass is 442 g/mol. The Balaban J connectivity index is 1.49. The van der Waals surface area contributed by atoms with E-state index >= 15 is 0 Å². The van der Waals surface area contributed by atoms with E-state index in [1.54, 1.807) is 30.3 Å². The molecule has 2 N–H and O–H groups in total. The highest BCUT2D eigenvalue weighted by molar-refractivity contribution is 6.33. The van der Waals surface area contributed by atoms with Crippen LogP contribution in [0, 0.1) is 5.82 Å². The molecule has 2 aromatic carbocycles. The van der Waals surface area contributed by atoms with E-state index in [9.17, 15) is 14.0 Å². The van der Waals surface area contributed by atoms with Crippen molar-refractivity contribution in [1.82, 2.24) is 14.8 Å². The van der Waals surface area contributed by atoms with Crippen LogP contribution < -0.4 is 10.6 Å². The summed E-state index contributed by atoms with van der Waals surface area (Å²) in [5.74, 6) is -0.314. The van der Waals surface area contributed by atoms with E-state index in [2.05, 4.69) is 10.6 Å². The zero-order valence-corrected chi connectivity index (χ0v) is 17.8. The Morgan fingerprint density at radius 3 is 2.61 bits per heavy atom. The standard InChI is InChI=1S/C23H24ClFN4O2/c24-19-6-2-3-7-20(19)27-23(31)26-13-16-14-29(21-9-8-17(25)12-18(16)21)15-22(30)28-10-4-1-5-11-28/h2-3,6-9,12,14H,1,4-5,10-11,13,15H2,(H2,26,27,31). The molecule has 1 aromatic heterocycles. The van der Waals surface area contributed by atoms with Crippen LogP contribution in [0.3, 0.4) is 0 Å². The molecule has 0 bridgehead atoms. The second-order valence-electron chi connectivity index (χ2n) is 7.67. The van der Waals surface area contributed by atoms with Crippen molar-refractivity contribution in [2.24, 2.45) is 0 Å². The highest BCUT2D eigenvalue weighted by atomic mass is 35.5. The summed E-state index contributed by atoms with van der Waals surface area (Å²) in [5, 5.41) is 6.58. The summed E-state index contributed by atoms with van der Waals surface area (Å²) in [4.78, 5) is 26.9.